The highest BCUT2D eigenvalue weighted by Crippen LogP contribution is 2.23. The third-order valence-corrected chi connectivity index (χ3v) is 4.02. The van der Waals surface area contributed by atoms with Crippen LogP contribution >= 0.6 is 0 Å². The van der Waals surface area contributed by atoms with Crippen LogP contribution in [0.15, 0.2) is 0 Å². The average molecular weight is 394 g/mol. The minimum atomic E-state index is -4.29. The van der Waals surface area contributed by atoms with Gasteiger partial charge < -0.3 is 9.47 Å². The van der Waals surface area contributed by atoms with Gasteiger partial charge in [-0.2, -0.15) is 22.8 Å². The summed E-state index contributed by atoms with van der Waals surface area (Å²) in [6.45, 7) is 2.03. The number of hydrogen-bond acceptors (Lipinski definition) is 8. The number of nitrogens with one attached hydrogen (secondary N) is 2. The lowest BCUT2D eigenvalue weighted by molar-refractivity contribution is 0.252. The molecule has 0 atom stereocenters. The molecule has 0 aliphatic carbocycles. The van der Waals surface area contributed by atoms with Crippen molar-refractivity contribution in [1.29, 1.82) is 0 Å². The van der Waals surface area contributed by atoms with Gasteiger partial charge in [0.25, 0.3) is 11.8 Å². The van der Waals surface area contributed by atoms with Gasteiger partial charge in [-0.1, -0.05) is 32.6 Å². The zero-order valence-corrected chi connectivity index (χ0v) is 15.7. The smallest absolute Gasteiger partial charge is 0.363 e. The number of anilines is 1. The first-order chi connectivity index (χ1) is 12.3. The van der Waals surface area contributed by atoms with Gasteiger partial charge in [-0.25, -0.2) is 9.52 Å². The van der Waals surface area contributed by atoms with Crippen LogP contribution in [-0.4, -0.2) is 45.2 Å². The number of aromatic nitrogens is 2. The van der Waals surface area contributed by atoms with Gasteiger partial charge in [-0.15, -0.1) is 0 Å². The molecule has 0 aliphatic heterocycles. The molecule has 12 heteroatoms. The summed E-state index contributed by atoms with van der Waals surface area (Å²) in [4.78, 5) is 18.9. The van der Waals surface area contributed by atoms with Gasteiger partial charge in [-0.05, 0) is 6.42 Å². The molecular formula is C14H23FN4O6S. The van der Waals surface area contributed by atoms with Crippen molar-refractivity contribution in [3.8, 4) is 11.8 Å². The highest BCUT2D eigenvalue weighted by Gasteiger charge is 2.20. The number of methoxy groups -OCH3 is 2. The summed E-state index contributed by atoms with van der Waals surface area (Å²) in [5.41, 5.74) is 0. The normalized spacial score (nSPS) is 11.1. The Kier molecular flexibility index (Phi) is 8.99. The second-order valence-electron chi connectivity index (χ2n) is 5.13. The van der Waals surface area contributed by atoms with Crippen molar-refractivity contribution in [2.24, 2.45) is 0 Å². The maximum atomic E-state index is 13.7. The number of unbranched alkanes of at least 4 members (excludes halogenated alkanes) is 4. The van der Waals surface area contributed by atoms with E-state index in [1.165, 1.54) is 0 Å². The zero-order chi connectivity index (χ0) is 19.6. The van der Waals surface area contributed by atoms with E-state index in [1.54, 1.807) is 4.72 Å². The van der Waals surface area contributed by atoms with Gasteiger partial charge in [0.2, 0.25) is 11.8 Å². The predicted molar refractivity (Wildman–Crippen MR) is 90.9 cm³/mol. The maximum Gasteiger partial charge on any atom is 0.363 e. The Labute approximate surface area is 151 Å². The van der Waals surface area contributed by atoms with Crippen LogP contribution in [0.1, 0.15) is 39.0 Å². The fourth-order valence-corrected chi connectivity index (χ4v) is 2.55. The van der Waals surface area contributed by atoms with Crippen LogP contribution in [-0.2, 0) is 14.5 Å². The lowest BCUT2D eigenvalue weighted by Crippen LogP contribution is -2.36. The Morgan fingerprint density at radius 3 is 2.19 bits per heavy atom. The number of hydrogen-bond donors (Lipinski definition) is 2. The van der Waals surface area contributed by atoms with E-state index in [0.717, 1.165) is 39.9 Å². The molecule has 1 heterocycles. The van der Waals surface area contributed by atoms with Crippen molar-refractivity contribution >= 4 is 22.3 Å². The van der Waals surface area contributed by atoms with E-state index in [1.807, 2.05) is 5.32 Å². The van der Waals surface area contributed by atoms with Gasteiger partial charge in [-0.3, -0.25) is 9.50 Å². The lowest BCUT2D eigenvalue weighted by atomic mass is 10.2. The van der Waals surface area contributed by atoms with E-state index in [-0.39, 0.29) is 6.61 Å². The fraction of sp³-hybridized carbons (Fsp3) is 0.643. The summed E-state index contributed by atoms with van der Waals surface area (Å²) >= 11 is 0. The first kappa shape index (κ1) is 21.8. The number of amides is 2. The summed E-state index contributed by atoms with van der Waals surface area (Å²) in [6, 6.07) is -1.17. The van der Waals surface area contributed by atoms with E-state index in [2.05, 4.69) is 30.5 Å². The Balaban J connectivity index is 2.57. The standard InChI is InChI=1S/C14H23FN4O6S/c1-4-5-6-7-8-9-25-26(21,22)19-14(20)18-13-16-11(23-2)10(15)12(17-13)24-3/h4-9H2,1-3H3,(H2,16,17,18,19,20). The van der Waals surface area contributed by atoms with Crippen molar-refractivity contribution in [3.05, 3.63) is 5.82 Å². The largest absolute Gasteiger partial charge is 0.479 e. The van der Waals surface area contributed by atoms with Crippen molar-refractivity contribution in [3.63, 3.8) is 0 Å². The predicted octanol–water partition coefficient (Wildman–Crippen LogP) is 1.99. The molecule has 0 unspecified atom stereocenters. The molecule has 1 aromatic rings. The van der Waals surface area contributed by atoms with Gasteiger partial charge >= 0.3 is 16.3 Å². The molecular weight excluding hydrogens is 371 g/mol. The van der Waals surface area contributed by atoms with Crippen LogP contribution in [0, 0.1) is 5.82 Å². The van der Waals surface area contributed by atoms with Crippen molar-refractivity contribution in [2.75, 3.05) is 26.1 Å². The molecule has 1 rings (SSSR count). The van der Waals surface area contributed by atoms with Gasteiger partial charge in [0, 0.05) is 0 Å². The molecule has 1 aromatic heterocycles. The molecule has 0 spiro atoms. The molecule has 0 aromatic carbocycles. The summed E-state index contributed by atoms with van der Waals surface area (Å²) in [7, 11) is -1.97. The molecule has 2 N–H and O–H groups in total. The molecule has 0 bridgehead atoms. The van der Waals surface area contributed by atoms with E-state index in [4.69, 9.17) is 0 Å². The average Bonchev–Trinajstić information content (AvgIpc) is 2.58. The first-order valence-electron chi connectivity index (χ1n) is 7.96. The Morgan fingerprint density at radius 1 is 1.08 bits per heavy atom. The molecule has 26 heavy (non-hydrogen) atoms. The van der Waals surface area contributed by atoms with Crippen LogP contribution in [0.5, 0.6) is 11.8 Å². The molecule has 148 valence electrons. The molecule has 0 radical (unpaired) electrons. The number of carbonyl (C=O) groups excluding carboxylic acids is 1. The SMILES string of the molecule is CCCCCCCOS(=O)(=O)NC(=O)Nc1nc(OC)c(F)c(OC)n1. The van der Waals surface area contributed by atoms with Crippen LogP contribution in [0.25, 0.3) is 0 Å². The summed E-state index contributed by atoms with van der Waals surface area (Å²) < 4.78 is 52.7. The Morgan fingerprint density at radius 2 is 1.65 bits per heavy atom. The van der Waals surface area contributed by atoms with Gasteiger partial charge in [0.15, 0.2) is 0 Å². The van der Waals surface area contributed by atoms with Crippen LogP contribution in [0.3, 0.4) is 0 Å². The molecule has 0 saturated carbocycles. The molecule has 0 fully saturated rings. The minimum Gasteiger partial charge on any atom is -0.479 e. The monoisotopic (exact) mass is 394 g/mol. The number of urea groups is 1. The molecule has 10 nitrogen and oxygen atoms in total. The van der Waals surface area contributed by atoms with Crippen LogP contribution in [0.2, 0.25) is 0 Å². The number of carbonyl (C=O) groups is 1. The maximum absolute atomic E-state index is 13.7. The lowest BCUT2D eigenvalue weighted by Gasteiger charge is -2.10. The Hall–Kier alpha value is -2.21. The van der Waals surface area contributed by atoms with E-state index in [9.17, 15) is 17.6 Å². The molecule has 2 amide bonds. The summed E-state index contributed by atoms with van der Waals surface area (Å²) in [5, 5.41) is 2.03. The third-order valence-electron chi connectivity index (χ3n) is 3.11. The number of nitrogens with zero attached hydrogens (tertiary/aromatic N) is 2. The molecule has 0 aliphatic rings. The summed E-state index contributed by atoms with van der Waals surface area (Å²) in [6.07, 6.45) is 4.51. The van der Waals surface area contributed by atoms with Gasteiger partial charge in [0.05, 0.1) is 20.8 Å². The second-order valence-corrected chi connectivity index (χ2v) is 6.47. The minimum absolute atomic E-state index is 0.0407. The highest BCUT2D eigenvalue weighted by atomic mass is 32.2. The molecule has 0 saturated heterocycles. The second kappa shape index (κ2) is 10.7. The fourth-order valence-electron chi connectivity index (χ4n) is 1.88. The quantitative estimate of drug-likeness (QED) is 0.545. The van der Waals surface area contributed by atoms with E-state index >= 15 is 0 Å². The Bertz CT molecular complexity index is 676. The summed E-state index contributed by atoms with van der Waals surface area (Å²) in [5.74, 6) is -2.32. The van der Waals surface area contributed by atoms with Crippen LogP contribution in [0.4, 0.5) is 15.1 Å². The van der Waals surface area contributed by atoms with Crippen LogP contribution < -0.4 is 19.5 Å². The zero-order valence-electron chi connectivity index (χ0n) is 14.9. The number of rotatable bonds is 11. The van der Waals surface area contributed by atoms with Crippen molar-refractivity contribution in [2.45, 2.75) is 39.0 Å². The third kappa shape index (κ3) is 7.35. The number of halogens is 1. The van der Waals surface area contributed by atoms with Gasteiger partial charge in [0.1, 0.15) is 0 Å². The number of ether oxygens (including phenoxy) is 2. The highest BCUT2D eigenvalue weighted by molar-refractivity contribution is 7.85. The van der Waals surface area contributed by atoms with E-state index in [0.29, 0.717) is 6.42 Å². The topological polar surface area (TPSA) is 129 Å². The van der Waals surface area contributed by atoms with Crippen molar-refractivity contribution in [1.82, 2.24) is 14.7 Å². The first-order valence-corrected chi connectivity index (χ1v) is 9.37. The van der Waals surface area contributed by atoms with E-state index < -0.39 is 39.9 Å². The van der Waals surface area contributed by atoms with Crippen molar-refractivity contribution < 1.29 is 31.3 Å².